The third-order valence-corrected chi connectivity index (χ3v) is 3.73. The van der Waals surface area contributed by atoms with Crippen LogP contribution < -0.4 is 5.56 Å². The Hall–Kier alpha value is -1.94. The summed E-state index contributed by atoms with van der Waals surface area (Å²) >= 11 is 0. The first kappa shape index (κ1) is 13.1. The van der Waals surface area contributed by atoms with Crippen LogP contribution in [0.25, 0.3) is 11.4 Å². The topological polar surface area (TPSA) is 49.0 Å². The first-order chi connectivity index (χ1) is 9.78. The normalized spacial score (nSPS) is 15.1. The van der Waals surface area contributed by atoms with Crippen LogP contribution in [0.5, 0.6) is 0 Å². The Morgan fingerprint density at radius 3 is 2.85 bits per heavy atom. The number of hydrogen-bond acceptors (Lipinski definition) is 3. The molecule has 0 amide bonds. The van der Waals surface area contributed by atoms with Crippen molar-refractivity contribution in [2.75, 3.05) is 13.1 Å². The molecule has 3 rings (SSSR count). The fourth-order valence-electron chi connectivity index (χ4n) is 2.72. The molecule has 1 aromatic heterocycles. The molecule has 1 aliphatic heterocycles. The highest BCUT2D eigenvalue weighted by Crippen LogP contribution is 2.18. The molecule has 0 spiro atoms. The molecule has 0 radical (unpaired) electrons. The van der Waals surface area contributed by atoms with E-state index in [0.717, 1.165) is 49.3 Å². The van der Waals surface area contributed by atoms with Crippen molar-refractivity contribution in [2.24, 2.45) is 0 Å². The van der Waals surface area contributed by atoms with E-state index in [4.69, 9.17) is 0 Å². The molecule has 0 saturated carbocycles. The number of aromatic nitrogens is 2. The lowest BCUT2D eigenvalue weighted by molar-refractivity contribution is 0.251. The largest absolute Gasteiger partial charge is 0.306 e. The van der Waals surface area contributed by atoms with Gasteiger partial charge in [0.25, 0.3) is 5.56 Å². The van der Waals surface area contributed by atoms with Gasteiger partial charge in [-0.1, -0.05) is 37.3 Å². The average molecular weight is 269 g/mol. The van der Waals surface area contributed by atoms with Gasteiger partial charge in [0.1, 0.15) is 5.82 Å². The van der Waals surface area contributed by atoms with Crippen LogP contribution in [0, 0.1) is 0 Å². The van der Waals surface area contributed by atoms with Crippen molar-refractivity contribution in [2.45, 2.75) is 26.3 Å². The van der Waals surface area contributed by atoms with Crippen molar-refractivity contribution >= 4 is 0 Å². The zero-order valence-electron chi connectivity index (χ0n) is 11.7. The summed E-state index contributed by atoms with van der Waals surface area (Å²) in [6.45, 7) is 4.92. The molecule has 20 heavy (non-hydrogen) atoms. The number of fused-ring (bicyclic) bond motifs is 1. The average Bonchev–Trinajstić information content (AvgIpc) is 2.49. The molecule has 0 aliphatic carbocycles. The van der Waals surface area contributed by atoms with Gasteiger partial charge in [-0.05, 0) is 13.0 Å². The Kier molecular flexibility index (Phi) is 3.65. The molecular formula is C16H19N3O. The van der Waals surface area contributed by atoms with Crippen molar-refractivity contribution in [3.8, 4) is 11.4 Å². The van der Waals surface area contributed by atoms with Crippen LogP contribution in [-0.4, -0.2) is 28.0 Å². The van der Waals surface area contributed by atoms with Gasteiger partial charge >= 0.3 is 0 Å². The Morgan fingerprint density at radius 2 is 2.10 bits per heavy atom. The minimum absolute atomic E-state index is 0.00894. The maximum atomic E-state index is 12.3. The Labute approximate surface area is 118 Å². The Morgan fingerprint density at radius 1 is 1.30 bits per heavy atom. The van der Waals surface area contributed by atoms with Crippen LogP contribution in [0.2, 0.25) is 0 Å². The standard InChI is InChI=1S/C16H19N3O/c1-2-9-19-10-8-14-13(11-19)16(20)18-15(17-14)12-6-4-3-5-7-12/h3-7H,2,8-11H2,1H3,(H,17,18,20). The van der Waals surface area contributed by atoms with Crippen LogP contribution >= 0.6 is 0 Å². The van der Waals surface area contributed by atoms with Crippen molar-refractivity contribution in [3.63, 3.8) is 0 Å². The van der Waals surface area contributed by atoms with E-state index in [2.05, 4.69) is 21.8 Å². The maximum Gasteiger partial charge on any atom is 0.255 e. The number of hydrogen-bond donors (Lipinski definition) is 1. The van der Waals surface area contributed by atoms with E-state index in [-0.39, 0.29) is 5.56 Å². The zero-order valence-corrected chi connectivity index (χ0v) is 11.7. The van der Waals surface area contributed by atoms with E-state index in [1.165, 1.54) is 0 Å². The van der Waals surface area contributed by atoms with Gasteiger partial charge in [0.15, 0.2) is 0 Å². The molecule has 2 heterocycles. The molecule has 0 atom stereocenters. The molecule has 1 N–H and O–H groups in total. The second-order valence-electron chi connectivity index (χ2n) is 5.23. The number of benzene rings is 1. The molecular weight excluding hydrogens is 250 g/mol. The van der Waals surface area contributed by atoms with Gasteiger partial charge in [-0.15, -0.1) is 0 Å². The van der Waals surface area contributed by atoms with Crippen LogP contribution in [0.15, 0.2) is 35.1 Å². The van der Waals surface area contributed by atoms with E-state index in [1.54, 1.807) is 0 Å². The molecule has 104 valence electrons. The fourth-order valence-corrected chi connectivity index (χ4v) is 2.72. The van der Waals surface area contributed by atoms with Crippen LogP contribution in [0.4, 0.5) is 0 Å². The molecule has 4 heteroatoms. The van der Waals surface area contributed by atoms with Crippen LogP contribution in [-0.2, 0) is 13.0 Å². The van der Waals surface area contributed by atoms with E-state index >= 15 is 0 Å². The lowest BCUT2D eigenvalue weighted by Crippen LogP contribution is -2.36. The lowest BCUT2D eigenvalue weighted by Gasteiger charge is -2.27. The predicted molar refractivity (Wildman–Crippen MR) is 79.6 cm³/mol. The quantitative estimate of drug-likeness (QED) is 0.929. The number of rotatable bonds is 3. The van der Waals surface area contributed by atoms with Crippen LogP contribution in [0.1, 0.15) is 24.6 Å². The SMILES string of the molecule is CCCN1CCc2nc(-c3ccccc3)[nH]c(=O)c2C1. The van der Waals surface area contributed by atoms with Gasteiger partial charge < -0.3 is 4.98 Å². The van der Waals surface area contributed by atoms with Crippen molar-refractivity contribution in [1.82, 2.24) is 14.9 Å². The number of aromatic amines is 1. The Bertz CT molecular complexity index is 649. The van der Waals surface area contributed by atoms with Crippen molar-refractivity contribution in [1.29, 1.82) is 0 Å². The van der Waals surface area contributed by atoms with Crippen molar-refractivity contribution < 1.29 is 0 Å². The van der Waals surface area contributed by atoms with Gasteiger partial charge in [0, 0.05) is 25.1 Å². The third-order valence-electron chi connectivity index (χ3n) is 3.73. The summed E-state index contributed by atoms with van der Waals surface area (Å²) in [6, 6.07) is 9.81. The molecule has 0 unspecified atom stereocenters. The summed E-state index contributed by atoms with van der Waals surface area (Å²) in [5.74, 6) is 0.679. The minimum Gasteiger partial charge on any atom is -0.306 e. The maximum absolute atomic E-state index is 12.3. The highest BCUT2D eigenvalue weighted by molar-refractivity contribution is 5.54. The summed E-state index contributed by atoms with van der Waals surface area (Å²) in [5, 5.41) is 0. The van der Waals surface area contributed by atoms with Gasteiger partial charge in [-0.2, -0.15) is 0 Å². The summed E-state index contributed by atoms with van der Waals surface area (Å²) in [7, 11) is 0. The molecule has 4 nitrogen and oxygen atoms in total. The fraction of sp³-hybridized carbons (Fsp3) is 0.375. The summed E-state index contributed by atoms with van der Waals surface area (Å²) in [4.78, 5) is 22.2. The first-order valence-electron chi connectivity index (χ1n) is 7.17. The van der Waals surface area contributed by atoms with Crippen LogP contribution in [0.3, 0.4) is 0 Å². The smallest absolute Gasteiger partial charge is 0.255 e. The minimum atomic E-state index is 0.00894. The van der Waals surface area contributed by atoms with Gasteiger partial charge in [0.2, 0.25) is 0 Å². The van der Waals surface area contributed by atoms with E-state index in [1.807, 2.05) is 30.3 Å². The molecule has 0 bridgehead atoms. The first-order valence-corrected chi connectivity index (χ1v) is 7.17. The van der Waals surface area contributed by atoms with Crippen molar-refractivity contribution in [3.05, 3.63) is 51.9 Å². The molecule has 1 aromatic carbocycles. The second-order valence-corrected chi connectivity index (χ2v) is 5.23. The van der Waals surface area contributed by atoms with Gasteiger partial charge in [-0.25, -0.2) is 4.98 Å². The molecule has 2 aromatic rings. The third kappa shape index (κ3) is 2.51. The highest BCUT2D eigenvalue weighted by atomic mass is 16.1. The molecule has 0 fully saturated rings. The summed E-state index contributed by atoms with van der Waals surface area (Å²) < 4.78 is 0. The zero-order chi connectivity index (χ0) is 13.9. The van der Waals surface area contributed by atoms with E-state index in [9.17, 15) is 4.79 Å². The molecule has 0 saturated heterocycles. The highest BCUT2D eigenvalue weighted by Gasteiger charge is 2.20. The number of nitrogens with zero attached hydrogens (tertiary/aromatic N) is 2. The monoisotopic (exact) mass is 269 g/mol. The lowest BCUT2D eigenvalue weighted by atomic mass is 10.1. The molecule has 1 aliphatic rings. The number of H-pyrrole nitrogens is 1. The Balaban J connectivity index is 1.97. The second kappa shape index (κ2) is 5.59. The van der Waals surface area contributed by atoms with E-state index < -0.39 is 0 Å². The van der Waals surface area contributed by atoms with E-state index in [0.29, 0.717) is 5.82 Å². The summed E-state index contributed by atoms with van der Waals surface area (Å²) in [5.41, 5.74) is 2.77. The predicted octanol–water partition coefficient (Wildman–Crippen LogP) is 2.21. The summed E-state index contributed by atoms with van der Waals surface area (Å²) in [6.07, 6.45) is 1.97. The van der Waals surface area contributed by atoms with Gasteiger partial charge in [-0.3, -0.25) is 9.69 Å². The number of nitrogens with one attached hydrogen (secondary N) is 1. The van der Waals surface area contributed by atoms with Gasteiger partial charge in [0.05, 0.1) is 11.3 Å².